The third-order valence-electron chi connectivity index (χ3n) is 3.92. The van der Waals surface area contributed by atoms with Crippen molar-refractivity contribution in [1.29, 1.82) is 0 Å². The summed E-state index contributed by atoms with van der Waals surface area (Å²) in [6.07, 6.45) is 1.49. The third-order valence-corrected chi connectivity index (χ3v) is 5.29. The first-order valence-corrected chi connectivity index (χ1v) is 10.1. The van der Waals surface area contributed by atoms with Crippen LogP contribution in [-0.2, 0) is 14.8 Å². The third kappa shape index (κ3) is 4.97. The van der Waals surface area contributed by atoms with Gasteiger partial charge in [0.05, 0.1) is 30.5 Å². The maximum absolute atomic E-state index is 12.4. The van der Waals surface area contributed by atoms with E-state index in [1.807, 2.05) is 0 Å². The largest absolute Gasteiger partial charge is 0.496 e. The van der Waals surface area contributed by atoms with E-state index in [9.17, 15) is 13.2 Å². The average molecular weight is 426 g/mol. The standard InChI is InChI=1S/C20H18N4O5S/c1-28-18-11-8-15(13-17(18)20(25)29-2)23-22-14-6-9-16(10-7-14)30(26,27)24-19-5-3-4-12-21-19/h3-13H,1-2H3,(H,21,24)/b23-22-. The number of sulfonamides is 1. The van der Waals surface area contributed by atoms with Crippen molar-refractivity contribution in [2.24, 2.45) is 10.2 Å². The molecule has 0 aliphatic rings. The van der Waals surface area contributed by atoms with Crippen LogP contribution in [0.1, 0.15) is 10.4 Å². The molecule has 1 heterocycles. The van der Waals surface area contributed by atoms with Gasteiger partial charge in [-0.25, -0.2) is 18.2 Å². The van der Waals surface area contributed by atoms with Crippen molar-refractivity contribution in [3.05, 3.63) is 72.4 Å². The van der Waals surface area contributed by atoms with Gasteiger partial charge in [-0.05, 0) is 54.6 Å². The van der Waals surface area contributed by atoms with Gasteiger partial charge in [0.2, 0.25) is 0 Å². The Morgan fingerprint density at radius 2 is 1.67 bits per heavy atom. The van der Waals surface area contributed by atoms with Crippen molar-refractivity contribution < 1.29 is 22.7 Å². The van der Waals surface area contributed by atoms with E-state index in [0.717, 1.165) is 0 Å². The van der Waals surface area contributed by atoms with Crippen LogP contribution in [-0.4, -0.2) is 33.6 Å². The van der Waals surface area contributed by atoms with Crippen molar-refractivity contribution in [3.8, 4) is 5.75 Å². The zero-order chi connectivity index (χ0) is 21.6. The fourth-order valence-corrected chi connectivity index (χ4v) is 3.46. The van der Waals surface area contributed by atoms with E-state index < -0.39 is 16.0 Å². The molecule has 0 saturated carbocycles. The van der Waals surface area contributed by atoms with Gasteiger partial charge in [-0.3, -0.25) is 4.72 Å². The molecule has 3 rings (SSSR count). The van der Waals surface area contributed by atoms with Crippen LogP contribution in [0.25, 0.3) is 0 Å². The normalized spacial score (nSPS) is 11.3. The predicted octanol–water partition coefficient (Wildman–Crippen LogP) is 4.09. The number of methoxy groups -OCH3 is 2. The first-order valence-electron chi connectivity index (χ1n) is 8.65. The number of nitrogens with one attached hydrogen (secondary N) is 1. The van der Waals surface area contributed by atoms with Gasteiger partial charge in [-0.2, -0.15) is 10.2 Å². The Morgan fingerprint density at radius 3 is 2.30 bits per heavy atom. The van der Waals surface area contributed by atoms with Crippen LogP contribution in [0, 0.1) is 0 Å². The molecule has 0 atom stereocenters. The monoisotopic (exact) mass is 426 g/mol. The first kappa shape index (κ1) is 20.9. The van der Waals surface area contributed by atoms with E-state index in [1.54, 1.807) is 30.3 Å². The summed E-state index contributed by atoms with van der Waals surface area (Å²) in [5, 5.41) is 8.15. The Bertz CT molecular complexity index is 1160. The number of anilines is 1. The second-order valence-corrected chi connectivity index (χ2v) is 7.57. The van der Waals surface area contributed by atoms with Crippen LogP contribution < -0.4 is 9.46 Å². The lowest BCUT2D eigenvalue weighted by molar-refractivity contribution is 0.0597. The molecule has 9 nitrogen and oxygen atoms in total. The lowest BCUT2D eigenvalue weighted by Crippen LogP contribution is -2.13. The molecule has 0 spiro atoms. The van der Waals surface area contributed by atoms with Gasteiger partial charge in [-0.1, -0.05) is 6.07 Å². The zero-order valence-corrected chi connectivity index (χ0v) is 17.0. The molecule has 0 unspecified atom stereocenters. The minimum absolute atomic E-state index is 0.0597. The maximum Gasteiger partial charge on any atom is 0.341 e. The fourth-order valence-electron chi connectivity index (χ4n) is 2.45. The Balaban J connectivity index is 1.77. The van der Waals surface area contributed by atoms with Gasteiger partial charge >= 0.3 is 5.97 Å². The molecule has 0 radical (unpaired) electrons. The molecule has 0 saturated heterocycles. The summed E-state index contributed by atoms with van der Waals surface area (Å²) >= 11 is 0. The van der Waals surface area contributed by atoms with Gasteiger partial charge in [0.15, 0.2) is 0 Å². The van der Waals surface area contributed by atoms with E-state index >= 15 is 0 Å². The number of hydrogen-bond acceptors (Lipinski definition) is 8. The Kier molecular flexibility index (Phi) is 6.38. The van der Waals surface area contributed by atoms with Gasteiger partial charge in [-0.15, -0.1) is 0 Å². The number of nitrogens with zero attached hydrogens (tertiary/aromatic N) is 3. The van der Waals surface area contributed by atoms with Gasteiger partial charge in [0.25, 0.3) is 10.0 Å². The van der Waals surface area contributed by atoms with Crippen molar-refractivity contribution in [1.82, 2.24) is 4.98 Å². The Labute approximate surface area is 173 Å². The molecule has 0 fully saturated rings. The maximum atomic E-state index is 12.4. The van der Waals surface area contributed by atoms with Crippen LogP contribution in [0.4, 0.5) is 17.2 Å². The second kappa shape index (κ2) is 9.14. The van der Waals surface area contributed by atoms with Crippen molar-refractivity contribution in [2.45, 2.75) is 4.90 Å². The van der Waals surface area contributed by atoms with Gasteiger partial charge in [0, 0.05) is 6.20 Å². The highest BCUT2D eigenvalue weighted by Crippen LogP contribution is 2.27. The smallest absolute Gasteiger partial charge is 0.341 e. The minimum atomic E-state index is -3.77. The molecule has 1 N–H and O–H groups in total. The number of benzene rings is 2. The Hall–Kier alpha value is -3.79. The molecule has 30 heavy (non-hydrogen) atoms. The number of pyridine rings is 1. The number of rotatable bonds is 7. The molecule has 0 bridgehead atoms. The quantitative estimate of drug-likeness (QED) is 0.449. The number of esters is 1. The van der Waals surface area contributed by atoms with E-state index in [-0.39, 0.29) is 16.3 Å². The van der Waals surface area contributed by atoms with Crippen LogP contribution >= 0.6 is 0 Å². The summed E-state index contributed by atoms with van der Waals surface area (Å²) in [4.78, 5) is 15.8. The number of carbonyl (C=O) groups is 1. The fraction of sp³-hybridized carbons (Fsp3) is 0.100. The Morgan fingerprint density at radius 1 is 0.967 bits per heavy atom. The predicted molar refractivity (Wildman–Crippen MR) is 110 cm³/mol. The van der Waals surface area contributed by atoms with Crippen LogP contribution in [0.15, 0.2) is 82.0 Å². The SMILES string of the molecule is COC(=O)c1cc(/N=N\c2ccc(S(=O)(=O)Nc3ccccn3)cc2)ccc1OC. The number of hydrogen-bond donors (Lipinski definition) is 1. The van der Waals surface area contributed by atoms with E-state index in [0.29, 0.717) is 17.1 Å². The summed E-state index contributed by atoms with van der Waals surface area (Å²) in [5.74, 6) is 0.0248. The lowest BCUT2D eigenvalue weighted by Gasteiger charge is -2.07. The lowest BCUT2D eigenvalue weighted by atomic mass is 10.2. The van der Waals surface area contributed by atoms with Crippen LogP contribution in [0.5, 0.6) is 5.75 Å². The minimum Gasteiger partial charge on any atom is -0.496 e. The number of ether oxygens (including phenoxy) is 2. The van der Waals surface area contributed by atoms with Crippen molar-refractivity contribution in [2.75, 3.05) is 18.9 Å². The van der Waals surface area contributed by atoms with Crippen molar-refractivity contribution >= 4 is 33.2 Å². The van der Waals surface area contributed by atoms with Crippen LogP contribution in [0.3, 0.4) is 0 Å². The topological polar surface area (TPSA) is 119 Å². The molecule has 0 aliphatic heterocycles. The summed E-state index contributed by atoms with van der Waals surface area (Å²) < 4.78 is 37.1. The molecule has 10 heteroatoms. The number of carbonyl (C=O) groups excluding carboxylic acids is 1. The first-order chi connectivity index (χ1) is 14.4. The van der Waals surface area contributed by atoms with E-state index in [1.165, 1.54) is 50.7 Å². The summed E-state index contributed by atoms with van der Waals surface area (Å²) in [6, 6.07) is 15.5. The molecule has 2 aromatic carbocycles. The van der Waals surface area contributed by atoms with E-state index in [2.05, 4.69) is 19.9 Å². The molecule has 0 amide bonds. The molecular weight excluding hydrogens is 408 g/mol. The molecule has 1 aromatic heterocycles. The molecule has 3 aromatic rings. The average Bonchev–Trinajstić information content (AvgIpc) is 2.77. The van der Waals surface area contributed by atoms with E-state index in [4.69, 9.17) is 9.47 Å². The van der Waals surface area contributed by atoms with Gasteiger partial charge < -0.3 is 9.47 Å². The molecule has 154 valence electrons. The number of aromatic nitrogens is 1. The summed E-state index contributed by atoms with van der Waals surface area (Å²) in [5.41, 5.74) is 1.06. The second-order valence-electron chi connectivity index (χ2n) is 5.89. The molecule has 0 aliphatic carbocycles. The van der Waals surface area contributed by atoms with Crippen LogP contribution in [0.2, 0.25) is 0 Å². The van der Waals surface area contributed by atoms with Crippen molar-refractivity contribution in [3.63, 3.8) is 0 Å². The van der Waals surface area contributed by atoms with Gasteiger partial charge in [0.1, 0.15) is 17.1 Å². The highest BCUT2D eigenvalue weighted by molar-refractivity contribution is 7.92. The highest BCUT2D eigenvalue weighted by atomic mass is 32.2. The summed E-state index contributed by atoms with van der Waals surface area (Å²) in [7, 11) is -1.06. The summed E-state index contributed by atoms with van der Waals surface area (Å²) in [6.45, 7) is 0. The highest BCUT2D eigenvalue weighted by Gasteiger charge is 2.15. The molecular formula is C20H18N4O5S. The zero-order valence-electron chi connectivity index (χ0n) is 16.1. The number of azo groups is 1.